The minimum absolute atomic E-state index is 0.150. The van der Waals surface area contributed by atoms with E-state index in [1.807, 2.05) is 7.05 Å². The van der Waals surface area contributed by atoms with Crippen molar-refractivity contribution in [3.05, 3.63) is 0 Å². The molecule has 0 aromatic carbocycles. The summed E-state index contributed by atoms with van der Waals surface area (Å²) in [6, 6.07) is 0.630. The maximum absolute atomic E-state index is 13.0. The average Bonchev–Trinajstić information content (AvgIpc) is 2.45. The van der Waals surface area contributed by atoms with E-state index < -0.39 is 12.1 Å². The summed E-state index contributed by atoms with van der Waals surface area (Å²) in [7, 11) is 1.94. The molecule has 1 saturated carbocycles. The van der Waals surface area contributed by atoms with E-state index in [1.54, 1.807) is 0 Å². The van der Waals surface area contributed by atoms with Crippen LogP contribution < -0.4 is 5.32 Å². The van der Waals surface area contributed by atoms with Crippen molar-refractivity contribution >= 4 is 0 Å². The number of hydrogen-bond donors (Lipinski definition) is 1. The van der Waals surface area contributed by atoms with Gasteiger partial charge in [0.25, 0.3) is 0 Å². The number of nitrogens with one attached hydrogen (secondary N) is 1. The predicted molar refractivity (Wildman–Crippen MR) is 74.7 cm³/mol. The number of likely N-dealkylation sites (tertiary alicyclic amines) is 1. The van der Waals surface area contributed by atoms with E-state index in [2.05, 4.69) is 10.2 Å². The zero-order valence-corrected chi connectivity index (χ0v) is 12.4. The quantitative estimate of drug-likeness (QED) is 0.852. The second-order valence-corrected chi connectivity index (χ2v) is 6.34. The van der Waals surface area contributed by atoms with E-state index >= 15 is 0 Å². The summed E-state index contributed by atoms with van der Waals surface area (Å²) in [5, 5.41) is 3.16. The van der Waals surface area contributed by atoms with Crippen LogP contribution in [-0.4, -0.2) is 43.3 Å². The third kappa shape index (κ3) is 4.10. The summed E-state index contributed by atoms with van der Waals surface area (Å²) < 4.78 is 38.9. The first-order valence-corrected chi connectivity index (χ1v) is 7.99. The second-order valence-electron chi connectivity index (χ2n) is 6.34. The first-order chi connectivity index (χ1) is 9.52. The number of halogens is 3. The van der Waals surface area contributed by atoms with Crippen molar-refractivity contribution in [3.8, 4) is 0 Å². The molecule has 1 heterocycles. The SMILES string of the molecule is CNCCC1CCCCN1C1CCCC(C(F)(F)F)C1. The summed E-state index contributed by atoms with van der Waals surface area (Å²) in [5.74, 6) is -1.08. The van der Waals surface area contributed by atoms with Crippen LogP contribution in [0.3, 0.4) is 0 Å². The van der Waals surface area contributed by atoms with Crippen LogP contribution in [-0.2, 0) is 0 Å². The van der Waals surface area contributed by atoms with Gasteiger partial charge in [-0.1, -0.05) is 12.8 Å². The van der Waals surface area contributed by atoms with Crippen LogP contribution in [0.4, 0.5) is 13.2 Å². The van der Waals surface area contributed by atoms with Gasteiger partial charge in [-0.3, -0.25) is 4.90 Å². The van der Waals surface area contributed by atoms with Gasteiger partial charge in [0.15, 0.2) is 0 Å². The van der Waals surface area contributed by atoms with Crippen molar-refractivity contribution in [1.82, 2.24) is 10.2 Å². The summed E-state index contributed by atoms with van der Waals surface area (Å²) in [4.78, 5) is 2.40. The number of rotatable bonds is 4. The Balaban J connectivity index is 1.96. The third-order valence-corrected chi connectivity index (χ3v) is 4.98. The zero-order valence-electron chi connectivity index (χ0n) is 12.4. The normalized spacial score (nSPS) is 33.3. The standard InChI is InChI=1S/C15H27F3N2/c1-19-9-8-13-6-2-3-10-20(13)14-7-4-5-12(11-14)15(16,17)18/h12-14,19H,2-11H2,1H3. The lowest BCUT2D eigenvalue weighted by molar-refractivity contribution is -0.188. The largest absolute Gasteiger partial charge is 0.391 e. The number of nitrogens with zero attached hydrogens (tertiary/aromatic N) is 1. The van der Waals surface area contributed by atoms with Gasteiger partial charge >= 0.3 is 6.18 Å². The summed E-state index contributed by atoms with van der Waals surface area (Å²) >= 11 is 0. The van der Waals surface area contributed by atoms with Crippen molar-refractivity contribution < 1.29 is 13.2 Å². The van der Waals surface area contributed by atoms with Crippen molar-refractivity contribution in [3.63, 3.8) is 0 Å². The van der Waals surface area contributed by atoms with Gasteiger partial charge in [0.1, 0.15) is 0 Å². The minimum atomic E-state index is -4.01. The van der Waals surface area contributed by atoms with E-state index in [9.17, 15) is 13.2 Å². The molecule has 0 aromatic heterocycles. The number of piperidine rings is 1. The Kier molecular flexibility index (Phi) is 5.73. The Bertz CT molecular complexity index is 293. The summed E-state index contributed by atoms with van der Waals surface area (Å²) in [6.07, 6.45) is 2.89. The highest BCUT2D eigenvalue weighted by molar-refractivity contribution is 4.88. The molecule has 1 saturated heterocycles. The van der Waals surface area contributed by atoms with Crippen LogP contribution in [0, 0.1) is 5.92 Å². The fraction of sp³-hybridized carbons (Fsp3) is 1.00. The molecule has 1 aliphatic heterocycles. The first kappa shape index (κ1) is 16.1. The van der Waals surface area contributed by atoms with Crippen molar-refractivity contribution in [2.24, 2.45) is 5.92 Å². The number of alkyl halides is 3. The maximum atomic E-state index is 13.0. The molecule has 1 N–H and O–H groups in total. The highest BCUT2D eigenvalue weighted by Crippen LogP contribution is 2.40. The van der Waals surface area contributed by atoms with Crippen molar-refractivity contribution in [2.75, 3.05) is 20.1 Å². The molecule has 1 aliphatic carbocycles. The molecular formula is C15H27F3N2. The van der Waals surface area contributed by atoms with Gasteiger partial charge in [-0.05, 0) is 58.7 Å². The highest BCUT2D eigenvalue weighted by Gasteiger charge is 2.44. The molecule has 118 valence electrons. The van der Waals surface area contributed by atoms with E-state index in [0.29, 0.717) is 18.9 Å². The molecule has 2 aliphatic rings. The first-order valence-electron chi connectivity index (χ1n) is 7.99. The molecule has 5 heteroatoms. The molecule has 2 nitrogen and oxygen atoms in total. The Hall–Kier alpha value is -0.290. The fourth-order valence-corrected chi connectivity index (χ4v) is 3.89. The fourth-order valence-electron chi connectivity index (χ4n) is 3.89. The van der Waals surface area contributed by atoms with E-state index in [4.69, 9.17) is 0 Å². The second kappa shape index (κ2) is 7.12. The van der Waals surface area contributed by atoms with Crippen LogP contribution in [0.5, 0.6) is 0 Å². The Morgan fingerprint density at radius 2 is 1.90 bits per heavy atom. The Morgan fingerprint density at radius 3 is 2.60 bits per heavy atom. The van der Waals surface area contributed by atoms with Crippen LogP contribution in [0.1, 0.15) is 51.4 Å². The minimum Gasteiger partial charge on any atom is -0.320 e. The molecule has 0 bridgehead atoms. The zero-order chi connectivity index (χ0) is 14.6. The van der Waals surface area contributed by atoms with Gasteiger partial charge in [-0.15, -0.1) is 0 Å². The molecular weight excluding hydrogens is 265 g/mol. The lowest BCUT2D eigenvalue weighted by atomic mass is 9.82. The molecule has 3 unspecified atom stereocenters. The third-order valence-electron chi connectivity index (χ3n) is 4.98. The predicted octanol–water partition coefficient (Wildman–Crippen LogP) is 3.57. The van der Waals surface area contributed by atoms with Gasteiger partial charge < -0.3 is 5.32 Å². The lowest BCUT2D eigenvalue weighted by Crippen LogP contribution is -2.50. The van der Waals surface area contributed by atoms with Gasteiger partial charge in [0.2, 0.25) is 0 Å². The van der Waals surface area contributed by atoms with Crippen LogP contribution >= 0.6 is 0 Å². The molecule has 0 spiro atoms. The van der Waals surface area contributed by atoms with E-state index in [1.165, 1.54) is 6.42 Å². The van der Waals surface area contributed by atoms with Gasteiger partial charge in [0.05, 0.1) is 5.92 Å². The summed E-state index contributed by atoms with van der Waals surface area (Å²) in [5.41, 5.74) is 0. The number of hydrogen-bond acceptors (Lipinski definition) is 2. The molecule has 2 rings (SSSR count). The van der Waals surface area contributed by atoms with Crippen molar-refractivity contribution in [2.45, 2.75) is 69.6 Å². The van der Waals surface area contributed by atoms with E-state index in [-0.39, 0.29) is 6.04 Å². The maximum Gasteiger partial charge on any atom is 0.391 e. The average molecular weight is 292 g/mol. The summed E-state index contributed by atoms with van der Waals surface area (Å²) in [6.45, 7) is 1.94. The highest BCUT2D eigenvalue weighted by atomic mass is 19.4. The van der Waals surface area contributed by atoms with E-state index in [0.717, 1.165) is 45.2 Å². The lowest BCUT2D eigenvalue weighted by Gasteiger charge is -2.44. The molecule has 3 atom stereocenters. The van der Waals surface area contributed by atoms with Gasteiger partial charge in [-0.2, -0.15) is 13.2 Å². The smallest absolute Gasteiger partial charge is 0.320 e. The topological polar surface area (TPSA) is 15.3 Å². The van der Waals surface area contributed by atoms with Gasteiger partial charge in [-0.25, -0.2) is 0 Å². The molecule has 0 amide bonds. The molecule has 2 fully saturated rings. The van der Waals surface area contributed by atoms with Crippen LogP contribution in [0.25, 0.3) is 0 Å². The molecule has 0 aromatic rings. The Morgan fingerprint density at radius 1 is 1.10 bits per heavy atom. The molecule has 0 radical (unpaired) electrons. The van der Waals surface area contributed by atoms with Crippen LogP contribution in [0.2, 0.25) is 0 Å². The van der Waals surface area contributed by atoms with Crippen LogP contribution in [0.15, 0.2) is 0 Å². The monoisotopic (exact) mass is 292 g/mol. The Labute approximate surface area is 120 Å². The van der Waals surface area contributed by atoms with Gasteiger partial charge in [0, 0.05) is 12.1 Å². The van der Waals surface area contributed by atoms with Crippen molar-refractivity contribution in [1.29, 1.82) is 0 Å². The molecule has 20 heavy (non-hydrogen) atoms.